The van der Waals surface area contributed by atoms with Crippen molar-refractivity contribution < 1.29 is 23.4 Å². The molecule has 0 amide bonds. The number of esters is 1. The van der Waals surface area contributed by atoms with Gasteiger partial charge in [0.2, 0.25) is 0 Å². The van der Waals surface area contributed by atoms with Gasteiger partial charge in [-0.2, -0.15) is 4.39 Å². The molecule has 0 fully saturated rings. The fourth-order valence-corrected chi connectivity index (χ4v) is 1.05. The highest BCUT2D eigenvalue weighted by molar-refractivity contribution is 5.87. The summed E-state index contributed by atoms with van der Waals surface area (Å²) in [4.78, 5) is 10.9. The van der Waals surface area contributed by atoms with Crippen molar-refractivity contribution >= 4 is 12.0 Å². The lowest BCUT2D eigenvalue weighted by atomic mass is 10.2. The molecule has 1 N–H and O–H groups in total. The topological polar surface area (TPSA) is 46.5 Å². The van der Waals surface area contributed by atoms with Crippen LogP contribution in [0.3, 0.4) is 0 Å². The van der Waals surface area contributed by atoms with Crippen LogP contribution in [0.5, 0.6) is 5.75 Å². The van der Waals surface area contributed by atoms with Gasteiger partial charge in [0.1, 0.15) is 0 Å². The number of carbonyl (C=O) groups is 1. The van der Waals surface area contributed by atoms with Crippen molar-refractivity contribution in [2.75, 3.05) is 6.61 Å². The van der Waals surface area contributed by atoms with Crippen molar-refractivity contribution in [3.8, 4) is 5.75 Å². The van der Waals surface area contributed by atoms with E-state index in [1.54, 1.807) is 6.92 Å². The van der Waals surface area contributed by atoms with E-state index in [4.69, 9.17) is 5.11 Å². The van der Waals surface area contributed by atoms with Crippen LogP contribution in [0.25, 0.3) is 6.08 Å². The summed E-state index contributed by atoms with van der Waals surface area (Å²) in [5, 5.41) is 8.98. The summed E-state index contributed by atoms with van der Waals surface area (Å²) in [7, 11) is 0. The Morgan fingerprint density at radius 2 is 2.19 bits per heavy atom. The lowest BCUT2D eigenvalue weighted by Crippen LogP contribution is -1.98. The third kappa shape index (κ3) is 3.05. The molecule has 1 aromatic carbocycles. The Balaban J connectivity index is 2.86. The maximum Gasteiger partial charge on any atom is 0.330 e. The van der Waals surface area contributed by atoms with Crippen LogP contribution in [0, 0.1) is 11.6 Å². The van der Waals surface area contributed by atoms with Gasteiger partial charge in [-0.05, 0) is 30.7 Å². The molecule has 0 aliphatic heterocycles. The van der Waals surface area contributed by atoms with Gasteiger partial charge in [0, 0.05) is 6.08 Å². The molecule has 0 aliphatic rings. The molecule has 3 nitrogen and oxygen atoms in total. The van der Waals surface area contributed by atoms with E-state index < -0.39 is 23.4 Å². The number of halogens is 2. The standard InChI is InChI=1S/C11H10F2O3/c1-2-16-10(15)4-3-7-5-8(12)11(13)9(14)6-7/h3-6,14H,2H2,1H3/b4-3+. The second-order valence-electron chi connectivity index (χ2n) is 2.92. The molecule has 0 atom stereocenters. The van der Waals surface area contributed by atoms with Gasteiger partial charge in [0.25, 0.3) is 0 Å². The van der Waals surface area contributed by atoms with Crippen LogP contribution < -0.4 is 0 Å². The normalized spacial score (nSPS) is 10.7. The molecule has 1 rings (SSSR count). The number of rotatable bonds is 3. The van der Waals surface area contributed by atoms with Crippen molar-refractivity contribution in [2.24, 2.45) is 0 Å². The summed E-state index contributed by atoms with van der Waals surface area (Å²) in [5.74, 6) is -3.88. The average molecular weight is 228 g/mol. The number of hydrogen-bond acceptors (Lipinski definition) is 3. The van der Waals surface area contributed by atoms with Gasteiger partial charge in [0.05, 0.1) is 6.61 Å². The van der Waals surface area contributed by atoms with Crippen LogP contribution in [0.15, 0.2) is 18.2 Å². The molecule has 0 saturated carbocycles. The Bertz CT molecular complexity index is 404. The van der Waals surface area contributed by atoms with Crippen molar-refractivity contribution in [3.63, 3.8) is 0 Å². The largest absolute Gasteiger partial charge is 0.505 e. The second kappa shape index (κ2) is 5.25. The molecule has 0 aromatic heterocycles. The third-order valence-corrected chi connectivity index (χ3v) is 1.73. The lowest BCUT2D eigenvalue weighted by molar-refractivity contribution is -0.137. The first-order chi connectivity index (χ1) is 7.54. The van der Waals surface area contributed by atoms with Gasteiger partial charge in [-0.1, -0.05) is 0 Å². The van der Waals surface area contributed by atoms with Crippen molar-refractivity contribution in [2.45, 2.75) is 6.92 Å². The third-order valence-electron chi connectivity index (χ3n) is 1.73. The smallest absolute Gasteiger partial charge is 0.330 e. The number of carbonyl (C=O) groups excluding carboxylic acids is 1. The molecule has 0 unspecified atom stereocenters. The molecule has 0 aliphatic carbocycles. The molecular weight excluding hydrogens is 218 g/mol. The summed E-state index contributed by atoms with van der Waals surface area (Å²) < 4.78 is 30.1. The summed E-state index contributed by atoms with van der Waals surface area (Å²) >= 11 is 0. The van der Waals surface area contributed by atoms with E-state index in [0.29, 0.717) is 0 Å². The molecule has 5 heteroatoms. The lowest BCUT2D eigenvalue weighted by Gasteiger charge is -1.99. The zero-order chi connectivity index (χ0) is 12.1. The first-order valence-corrected chi connectivity index (χ1v) is 4.57. The second-order valence-corrected chi connectivity index (χ2v) is 2.92. The minimum absolute atomic E-state index is 0.171. The van der Waals surface area contributed by atoms with Gasteiger partial charge in [-0.25, -0.2) is 9.18 Å². The quantitative estimate of drug-likeness (QED) is 0.637. The molecule has 0 radical (unpaired) electrons. The van der Waals surface area contributed by atoms with Gasteiger partial charge >= 0.3 is 5.97 Å². The minimum atomic E-state index is -1.31. The fourth-order valence-electron chi connectivity index (χ4n) is 1.05. The first kappa shape index (κ1) is 12.2. The first-order valence-electron chi connectivity index (χ1n) is 4.57. The maximum absolute atomic E-state index is 12.8. The Kier molecular flexibility index (Phi) is 3.99. The highest BCUT2D eigenvalue weighted by atomic mass is 19.2. The van der Waals surface area contributed by atoms with E-state index in [9.17, 15) is 13.6 Å². The van der Waals surface area contributed by atoms with E-state index in [1.807, 2.05) is 0 Å². The van der Waals surface area contributed by atoms with Crippen LogP contribution in [-0.4, -0.2) is 17.7 Å². The zero-order valence-corrected chi connectivity index (χ0v) is 8.54. The summed E-state index contributed by atoms with van der Waals surface area (Å²) in [6.07, 6.45) is 2.29. The molecule has 0 bridgehead atoms. The molecule has 0 saturated heterocycles. The summed E-state index contributed by atoms with van der Waals surface area (Å²) in [6.45, 7) is 1.88. The van der Waals surface area contributed by atoms with Gasteiger partial charge in [-0.3, -0.25) is 0 Å². The summed E-state index contributed by atoms with van der Waals surface area (Å²) in [5.41, 5.74) is 0.171. The van der Waals surface area contributed by atoms with Crippen LogP contribution in [0.1, 0.15) is 12.5 Å². The maximum atomic E-state index is 12.8. The van der Waals surface area contributed by atoms with Gasteiger partial charge in [0.15, 0.2) is 17.4 Å². The number of phenolic OH excluding ortho intramolecular Hbond substituents is 1. The number of benzene rings is 1. The van der Waals surface area contributed by atoms with E-state index in [2.05, 4.69) is 4.74 Å². The Hall–Kier alpha value is -1.91. The van der Waals surface area contributed by atoms with E-state index in [1.165, 1.54) is 6.08 Å². The molecular formula is C11H10F2O3. The summed E-state index contributed by atoms with van der Waals surface area (Å²) in [6, 6.07) is 1.87. The predicted molar refractivity (Wildman–Crippen MR) is 53.7 cm³/mol. The van der Waals surface area contributed by atoms with Crippen molar-refractivity contribution in [1.29, 1.82) is 0 Å². The number of phenols is 1. The predicted octanol–water partition coefficient (Wildman–Crippen LogP) is 2.25. The van der Waals surface area contributed by atoms with Gasteiger partial charge in [-0.15, -0.1) is 0 Å². The fraction of sp³-hybridized carbons (Fsp3) is 0.182. The molecule has 0 heterocycles. The molecule has 1 aromatic rings. The molecule has 86 valence electrons. The Labute approximate surface area is 91.0 Å². The Morgan fingerprint density at radius 1 is 1.50 bits per heavy atom. The minimum Gasteiger partial charge on any atom is -0.505 e. The van der Waals surface area contributed by atoms with Crippen molar-refractivity contribution in [1.82, 2.24) is 0 Å². The van der Waals surface area contributed by atoms with E-state index >= 15 is 0 Å². The monoisotopic (exact) mass is 228 g/mol. The van der Waals surface area contributed by atoms with Crippen LogP contribution in [0.2, 0.25) is 0 Å². The van der Waals surface area contributed by atoms with Crippen LogP contribution >= 0.6 is 0 Å². The SMILES string of the molecule is CCOC(=O)/C=C/c1cc(O)c(F)c(F)c1. The van der Waals surface area contributed by atoms with Crippen LogP contribution in [-0.2, 0) is 9.53 Å². The average Bonchev–Trinajstić information content (AvgIpc) is 2.23. The van der Waals surface area contributed by atoms with Crippen LogP contribution in [0.4, 0.5) is 8.78 Å². The number of aromatic hydroxyl groups is 1. The molecule has 0 spiro atoms. The molecule has 16 heavy (non-hydrogen) atoms. The number of hydrogen-bond donors (Lipinski definition) is 1. The number of ether oxygens (including phenoxy) is 1. The highest BCUT2D eigenvalue weighted by Gasteiger charge is 2.08. The highest BCUT2D eigenvalue weighted by Crippen LogP contribution is 2.21. The van der Waals surface area contributed by atoms with E-state index in [-0.39, 0.29) is 12.2 Å². The Morgan fingerprint density at radius 3 is 2.75 bits per heavy atom. The van der Waals surface area contributed by atoms with Gasteiger partial charge < -0.3 is 9.84 Å². The van der Waals surface area contributed by atoms with E-state index in [0.717, 1.165) is 18.2 Å². The van der Waals surface area contributed by atoms with Crippen molar-refractivity contribution in [3.05, 3.63) is 35.4 Å². The zero-order valence-electron chi connectivity index (χ0n) is 8.54.